The van der Waals surface area contributed by atoms with Crippen LogP contribution in [-0.4, -0.2) is 10.1 Å². The number of aromatic amines is 1. The minimum atomic E-state index is 0.557. The standard InChI is InChI=1S/C12H11N3O/c1-7-2-3-8-9(5-14-11(8)4-7)12-10(13)6-15-16-12/h2-6,14H,13H2,1H3. The lowest BCUT2D eigenvalue weighted by atomic mass is 10.1. The van der Waals surface area contributed by atoms with Gasteiger partial charge in [-0.3, -0.25) is 0 Å². The molecule has 0 fully saturated rings. The van der Waals surface area contributed by atoms with Crippen molar-refractivity contribution >= 4 is 16.6 Å². The molecule has 0 aliphatic rings. The van der Waals surface area contributed by atoms with Crippen LogP contribution in [0.25, 0.3) is 22.2 Å². The number of nitrogens with zero attached hydrogens (tertiary/aromatic N) is 1. The first kappa shape index (κ1) is 9.03. The molecule has 3 aromatic rings. The summed E-state index contributed by atoms with van der Waals surface area (Å²) in [6.07, 6.45) is 3.41. The number of anilines is 1. The number of fused-ring (bicyclic) bond motifs is 1. The molecule has 0 amide bonds. The van der Waals surface area contributed by atoms with Gasteiger partial charge in [-0.25, -0.2) is 0 Å². The van der Waals surface area contributed by atoms with Crippen molar-refractivity contribution in [2.75, 3.05) is 5.73 Å². The van der Waals surface area contributed by atoms with E-state index in [0.717, 1.165) is 16.5 Å². The molecule has 0 unspecified atom stereocenters. The number of hydrogen-bond acceptors (Lipinski definition) is 3. The molecule has 3 N–H and O–H groups in total. The molecule has 2 aromatic heterocycles. The van der Waals surface area contributed by atoms with Crippen LogP contribution >= 0.6 is 0 Å². The maximum Gasteiger partial charge on any atom is 0.191 e. The number of aromatic nitrogens is 2. The second kappa shape index (κ2) is 3.13. The minimum absolute atomic E-state index is 0.557. The van der Waals surface area contributed by atoms with Gasteiger partial charge in [0.1, 0.15) is 5.69 Å². The third-order valence-corrected chi connectivity index (χ3v) is 2.68. The fraction of sp³-hybridized carbons (Fsp3) is 0.0833. The number of rotatable bonds is 1. The van der Waals surface area contributed by atoms with E-state index < -0.39 is 0 Å². The van der Waals surface area contributed by atoms with Crippen molar-refractivity contribution < 1.29 is 4.52 Å². The van der Waals surface area contributed by atoms with E-state index in [1.165, 1.54) is 11.8 Å². The summed E-state index contributed by atoms with van der Waals surface area (Å²) >= 11 is 0. The van der Waals surface area contributed by atoms with Gasteiger partial charge in [-0.1, -0.05) is 17.3 Å². The molecule has 4 heteroatoms. The second-order valence-corrected chi connectivity index (χ2v) is 3.86. The van der Waals surface area contributed by atoms with Crippen molar-refractivity contribution in [2.24, 2.45) is 0 Å². The first-order chi connectivity index (χ1) is 7.75. The van der Waals surface area contributed by atoms with Crippen LogP contribution in [0.1, 0.15) is 5.56 Å². The molecule has 16 heavy (non-hydrogen) atoms. The monoisotopic (exact) mass is 213 g/mol. The van der Waals surface area contributed by atoms with E-state index in [9.17, 15) is 0 Å². The topological polar surface area (TPSA) is 67.8 Å². The molecule has 0 spiro atoms. The van der Waals surface area contributed by atoms with Crippen LogP contribution in [0.5, 0.6) is 0 Å². The molecule has 1 aromatic carbocycles. The Hall–Kier alpha value is -2.23. The smallest absolute Gasteiger partial charge is 0.191 e. The van der Waals surface area contributed by atoms with Gasteiger partial charge in [-0.2, -0.15) is 0 Å². The maximum atomic E-state index is 5.78. The van der Waals surface area contributed by atoms with E-state index >= 15 is 0 Å². The lowest BCUT2D eigenvalue weighted by Crippen LogP contribution is -1.83. The normalized spacial score (nSPS) is 11.1. The SMILES string of the molecule is Cc1ccc2c(-c3oncc3N)c[nH]c2c1. The average molecular weight is 213 g/mol. The Labute approximate surface area is 92.0 Å². The molecule has 4 nitrogen and oxygen atoms in total. The van der Waals surface area contributed by atoms with Gasteiger partial charge in [0.2, 0.25) is 0 Å². The summed E-state index contributed by atoms with van der Waals surface area (Å²) < 4.78 is 5.15. The van der Waals surface area contributed by atoms with Crippen LogP contribution < -0.4 is 5.73 Å². The van der Waals surface area contributed by atoms with Crippen LogP contribution in [0.4, 0.5) is 5.69 Å². The van der Waals surface area contributed by atoms with Crippen LogP contribution in [0.15, 0.2) is 35.1 Å². The summed E-state index contributed by atoms with van der Waals surface area (Å²) in [6, 6.07) is 6.20. The van der Waals surface area contributed by atoms with Crippen LogP contribution in [-0.2, 0) is 0 Å². The van der Waals surface area contributed by atoms with Gasteiger partial charge in [0.15, 0.2) is 5.76 Å². The van der Waals surface area contributed by atoms with E-state index in [4.69, 9.17) is 10.3 Å². The van der Waals surface area contributed by atoms with Gasteiger partial charge in [-0.15, -0.1) is 0 Å². The molecule has 0 saturated heterocycles. The number of benzene rings is 1. The number of nitrogens with two attached hydrogens (primary N) is 1. The van der Waals surface area contributed by atoms with Gasteiger partial charge in [0.25, 0.3) is 0 Å². The molecule has 0 saturated carbocycles. The highest BCUT2D eigenvalue weighted by Crippen LogP contribution is 2.32. The zero-order valence-electron chi connectivity index (χ0n) is 8.82. The summed E-state index contributed by atoms with van der Waals surface area (Å²) in [5.74, 6) is 0.620. The third kappa shape index (κ3) is 1.20. The summed E-state index contributed by atoms with van der Waals surface area (Å²) in [4.78, 5) is 3.20. The molecule has 0 aliphatic carbocycles. The molecular formula is C12H11N3O. The molecule has 0 bridgehead atoms. The highest BCUT2D eigenvalue weighted by Gasteiger charge is 2.12. The van der Waals surface area contributed by atoms with Gasteiger partial charge in [0.05, 0.1) is 6.20 Å². The highest BCUT2D eigenvalue weighted by molar-refractivity contribution is 5.96. The van der Waals surface area contributed by atoms with E-state index in [-0.39, 0.29) is 0 Å². The van der Waals surface area contributed by atoms with Crippen molar-refractivity contribution in [1.82, 2.24) is 10.1 Å². The second-order valence-electron chi connectivity index (χ2n) is 3.86. The largest absolute Gasteiger partial charge is 0.394 e. The number of nitrogen functional groups attached to an aromatic ring is 1. The van der Waals surface area contributed by atoms with Crippen molar-refractivity contribution in [3.63, 3.8) is 0 Å². The molecule has 2 heterocycles. The van der Waals surface area contributed by atoms with E-state index in [1.807, 2.05) is 6.20 Å². The molecule has 3 rings (SSSR count). The lowest BCUT2D eigenvalue weighted by Gasteiger charge is -1.96. The van der Waals surface area contributed by atoms with Crippen molar-refractivity contribution in [3.05, 3.63) is 36.2 Å². The van der Waals surface area contributed by atoms with Crippen LogP contribution in [0.3, 0.4) is 0 Å². The quantitative estimate of drug-likeness (QED) is 0.653. The molecule has 0 atom stereocenters. The third-order valence-electron chi connectivity index (χ3n) is 2.68. The molecular weight excluding hydrogens is 202 g/mol. The Morgan fingerprint density at radius 2 is 2.25 bits per heavy atom. The first-order valence-corrected chi connectivity index (χ1v) is 5.04. The predicted octanol–water partition coefficient (Wildman–Crippen LogP) is 2.71. The Morgan fingerprint density at radius 1 is 1.38 bits per heavy atom. The molecule has 0 aliphatic heterocycles. The lowest BCUT2D eigenvalue weighted by molar-refractivity contribution is 0.433. The molecule has 0 radical (unpaired) electrons. The van der Waals surface area contributed by atoms with Gasteiger partial charge >= 0.3 is 0 Å². The van der Waals surface area contributed by atoms with E-state index in [2.05, 4.69) is 35.3 Å². The van der Waals surface area contributed by atoms with Gasteiger partial charge in [0, 0.05) is 22.7 Å². The maximum absolute atomic E-state index is 5.78. The summed E-state index contributed by atoms with van der Waals surface area (Å²) in [5.41, 5.74) is 9.58. The van der Waals surface area contributed by atoms with Crippen LogP contribution in [0, 0.1) is 6.92 Å². The zero-order chi connectivity index (χ0) is 11.1. The van der Waals surface area contributed by atoms with Crippen molar-refractivity contribution in [3.8, 4) is 11.3 Å². The summed E-state index contributed by atoms with van der Waals surface area (Å²) in [5, 5.41) is 4.78. The Morgan fingerprint density at radius 3 is 3.00 bits per heavy atom. The minimum Gasteiger partial charge on any atom is -0.394 e. The fourth-order valence-electron chi connectivity index (χ4n) is 1.88. The highest BCUT2D eigenvalue weighted by atomic mass is 16.5. The van der Waals surface area contributed by atoms with Gasteiger partial charge < -0.3 is 15.2 Å². The Bertz CT molecular complexity index is 651. The summed E-state index contributed by atoms with van der Waals surface area (Å²) in [7, 11) is 0. The predicted molar refractivity (Wildman–Crippen MR) is 62.9 cm³/mol. The Balaban J connectivity index is 2.30. The molecule has 80 valence electrons. The fourth-order valence-corrected chi connectivity index (χ4v) is 1.88. The van der Waals surface area contributed by atoms with Gasteiger partial charge in [-0.05, 0) is 18.6 Å². The van der Waals surface area contributed by atoms with E-state index in [1.54, 1.807) is 0 Å². The first-order valence-electron chi connectivity index (χ1n) is 5.04. The number of H-pyrrole nitrogens is 1. The van der Waals surface area contributed by atoms with E-state index in [0.29, 0.717) is 11.4 Å². The summed E-state index contributed by atoms with van der Waals surface area (Å²) in [6.45, 7) is 2.06. The van der Waals surface area contributed by atoms with Crippen molar-refractivity contribution in [1.29, 1.82) is 0 Å². The van der Waals surface area contributed by atoms with Crippen molar-refractivity contribution in [2.45, 2.75) is 6.92 Å². The zero-order valence-corrected chi connectivity index (χ0v) is 8.82. The Kier molecular flexibility index (Phi) is 1.77. The number of aryl methyl sites for hydroxylation is 1. The number of nitrogens with one attached hydrogen (secondary N) is 1. The number of hydrogen-bond donors (Lipinski definition) is 2. The van der Waals surface area contributed by atoms with Crippen LogP contribution in [0.2, 0.25) is 0 Å². The average Bonchev–Trinajstić information content (AvgIpc) is 2.83.